The number of nitrogens with zero attached hydrogens (tertiary/aromatic N) is 4. The predicted octanol–water partition coefficient (Wildman–Crippen LogP) is 0.701. The van der Waals surface area contributed by atoms with Crippen molar-refractivity contribution in [1.29, 1.82) is 0 Å². The van der Waals surface area contributed by atoms with Crippen LogP contribution < -0.4 is 10.5 Å². The molecule has 0 bridgehead atoms. The molecule has 2 unspecified atom stereocenters. The predicted molar refractivity (Wildman–Crippen MR) is 109 cm³/mol. The summed E-state index contributed by atoms with van der Waals surface area (Å²) in [7, 11) is -2.54. The summed E-state index contributed by atoms with van der Waals surface area (Å²) in [5.74, 6) is -0.241. The summed E-state index contributed by atoms with van der Waals surface area (Å²) < 4.78 is 47.0. The average molecular weight is 485 g/mol. The largest absolute Gasteiger partial charge is 0.479 e. The number of anilines is 1. The van der Waals surface area contributed by atoms with Crippen LogP contribution in [0.25, 0.3) is 11.2 Å². The van der Waals surface area contributed by atoms with Gasteiger partial charge in [-0.25, -0.2) is 9.55 Å². The molecule has 1 spiro atoms. The lowest BCUT2D eigenvalue weighted by atomic mass is 9.95. The number of phosphoric acid groups is 1. The molecule has 3 fully saturated rings. The fourth-order valence-electron chi connectivity index (χ4n) is 4.43. The molecule has 0 amide bonds. The molecule has 2 saturated heterocycles. The van der Waals surface area contributed by atoms with Crippen LogP contribution in [0.2, 0.25) is 0 Å². The van der Waals surface area contributed by atoms with Crippen molar-refractivity contribution in [2.45, 2.75) is 56.3 Å². The number of nitrogens with two attached hydrogens (primary N) is 1. The Morgan fingerprint density at radius 2 is 2.18 bits per heavy atom. The summed E-state index contributed by atoms with van der Waals surface area (Å²) in [6, 6.07) is 0. The van der Waals surface area contributed by atoms with Crippen LogP contribution in [0.3, 0.4) is 0 Å². The zero-order valence-electron chi connectivity index (χ0n) is 18.2. The Kier molecular flexibility index (Phi) is 5.16. The number of rotatable bonds is 8. The van der Waals surface area contributed by atoms with Gasteiger partial charge in [-0.05, 0) is 20.3 Å². The van der Waals surface area contributed by atoms with Crippen LogP contribution in [-0.4, -0.2) is 74.3 Å². The number of esters is 1. The third-order valence-corrected chi connectivity index (χ3v) is 7.51. The van der Waals surface area contributed by atoms with Crippen molar-refractivity contribution >= 4 is 30.9 Å². The first-order chi connectivity index (χ1) is 15.7. The Hall–Kier alpha value is -2.35. The highest BCUT2D eigenvalue weighted by Gasteiger charge is 2.90. The molecule has 3 aliphatic rings. The van der Waals surface area contributed by atoms with E-state index in [1.54, 1.807) is 6.92 Å². The van der Waals surface area contributed by atoms with E-state index < -0.39 is 37.5 Å². The second-order valence-corrected chi connectivity index (χ2v) is 9.62. The topological polar surface area (TPSA) is 179 Å². The molecule has 15 heteroatoms. The van der Waals surface area contributed by atoms with E-state index in [9.17, 15) is 14.5 Å². The van der Waals surface area contributed by atoms with Crippen molar-refractivity contribution in [2.75, 3.05) is 26.1 Å². The fourth-order valence-corrected chi connectivity index (χ4v) is 6.25. The molecular formula is C18H24N5O9P. The molecule has 3 N–H and O–H groups in total. The summed E-state index contributed by atoms with van der Waals surface area (Å²) in [6.07, 6.45) is -0.656. The molecule has 2 aromatic rings. The highest BCUT2D eigenvalue weighted by Crippen LogP contribution is 2.77. The maximum absolute atomic E-state index is 13.0. The lowest BCUT2D eigenvalue weighted by Gasteiger charge is -2.32. The number of methoxy groups -OCH3 is 1. The number of hydrogen-bond donors (Lipinski definition) is 2. The highest BCUT2D eigenvalue weighted by atomic mass is 31.2. The maximum atomic E-state index is 13.0. The van der Waals surface area contributed by atoms with Gasteiger partial charge in [-0.15, -0.1) is 0 Å². The first-order valence-corrected chi connectivity index (χ1v) is 11.8. The second kappa shape index (κ2) is 7.58. The quantitative estimate of drug-likeness (QED) is 0.303. The molecule has 33 heavy (non-hydrogen) atoms. The minimum Gasteiger partial charge on any atom is -0.479 e. The SMILES string of the molecule is CCOC(=O)CCCOP1(=O)OC2[C@H]3O[C@@H](n4cnc5c(OC)nc(N)nc54)[C@](C)(O)[C@@]23O1. The van der Waals surface area contributed by atoms with Gasteiger partial charge in [0.25, 0.3) is 0 Å². The fraction of sp³-hybridized carbons (Fsp3) is 0.667. The van der Waals surface area contributed by atoms with E-state index in [-0.39, 0.29) is 49.5 Å². The molecule has 180 valence electrons. The Morgan fingerprint density at radius 3 is 2.91 bits per heavy atom. The molecular weight excluding hydrogens is 461 g/mol. The Bertz CT molecular complexity index is 1160. The number of nitrogen functional groups attached to an aromatic ring is 1. The van der Waals surface area contributed by atoms with Crippen molar-refractivity contribution in [3.63, 3.8) is 0 Å². The van der Waals surface area contributed by atoms with Gasteiger partial charge in [0.15, 0.2) is 23.0 Å². The Labute approximate surface area is 187 Å². The van der Waals surface area contributed by atoms with E-state index in [0.29, 0.717) is 5.52 Å². The van der Waals surface area contributed by atoms with Crippen molar-refractivity contribution < 1.29 is 42.2 Å². The Balaban J connectivity index is 1.32. The van der Waals surface area contributed by atoms with E-state index >= 15 is 0 Å². The van der Waals surface area contributed by atoms with Crippen molar-refractivity contribution in [2.24, 2.45) is 0 Å². The first kappa shape index (κ1) is 22.4. The molecule has 0 aromatic carbocycles. The van der Waals surface area contributed by atoms with Crippen LogP contribution in [0.5, 0.6) is 5.88 Å². The second-order valence-electron chi connectivity index (χ2n) is 8.07. The van der Waals surface area contributed by atoms with Crippen LogP contribution in [0.4, 0.5) is 5.95 Å². The van der Waals surface area contributed by atoms with Crippen LogP contribution >= 0.6 is 7.82 Å². The van der Waals surface area contributed by atoms with E-state index in [2.05, 4.69) is 15.0 Å². The monoisotopic (exact) mass is 485 g/mol. The number of ether oxygens (including phenoxy) is 3. The van der Waals surface area contributed by atoms with Crippen LogP contribution in [0.1, 0.15) is 32.9 Å². The highest BCUT2D eigenvalue weighted by molar-refractivity contribution is 7.48. The standard InChI is InChI=1S/C18H24N5O9P/c1-4-28-9(24)6-5-7-29-33(26)31-12-11-18(12,32-33)17(2,25)15(30-11)23-8-20-10-13(23)21-16(19)22-14(10)27-3/h8,11-12,15,25H,4-7H2,1-3H3,(H2,19,21,22)/t11-,12?,15-,17+,18+,33?/m1/s1. The zero-order chi connectivity index (χ0) is 23.6. The van der Waals surface area contributed by atoms with Gasteiger partial charge in [0.05, 0.1) is 26.7 Å². The average Bonchev–Trinajstić information content (AvgIpc) is 3.05. The van der Waals surface area contributed by atoms with Gasteiger partial charge in [0, 0.05) is 6.42 Å². The summed E-state index contributed by atoms with van der Waals surface area (Å²) >= 11 is 0. The maximum Gasteiger partial charge on any atom is 0.476 e. The molecule has 6 atom stereocenters. The van der Waals surface area contributed by atoms with Gasteiger partial charge in [0.2, 0.25) is 11.8 Å². The number of carbonyl (C=O) groups excluding carboxylic acids is 1. The number of carbonyl (C=O) groups is 1. The summed E-state index contributed by atoms with van der Waals surface area (Å²) in [5.41, 5.74) is 3.31. The van der Waals surface area contributed by atoms with Gasteiger partial charge in [-0.1, -0.05) is 0 Å². The molecule has 5 rings (SSSR count). The molecule has 1 aliphatic carbocycles. The number of phosphoric ester groups is 1. The number of hydrogen-bond acceptors (Lipinski definition) is 13. The minimum absolute atomic E-state index is 0.0406. The van der Waals surface area contributed by atoms with Crippen LogP contribution in [0, 0.1) is 0 Å². The van der Waals surface area contributed by atoms with Gasteiger partial charge in [-0.3, -0.25) is 22.9 Å². The molecule has 0 radical (unpaired) electrons. The first-order valence-electron chi connectivity index (χ1n) is 10.4. The number of aromatic nitrogens is 4. The van der Waals surface area contributed by atoms with E-state index in [1.165, 1.54) is 24.9 Å². The molecule has 1 saturated carbocycles. The molecule has 2 aromatic heterocycles. The van der Waals surface area contributed by atoms with Gasteiger partial charge in [0.1, 0.15) is 17.8 Å². The van der Waals surface area contributed by atoms with E-state index in [1.807, 2.05) is 0 Å². The number of imidazole rings is 1. The number of aliphatic hydroxyl groups is 1. The van der Waals surface area contributed by atoms with Gasteiger partial charge >= 0.3 is 13.8 Å². The third-order valence-electron chi connectivity index (χ3n) is 6.00. The van der Waals surface area contributed by atoms with Gasteiger partial charge < -0.3 is 25.1 Å². The minimum atomic E-state index is -3.97. The lowest BCUT2D eigenvalue weighted by Crippen LogP contribution is -2.47. The van der Waals surface area contributed by atoms with Crippen molar-refractivity contribution in [3.05, 3.63) is 6.33 Å². The number of fused-ring (bicyclic) bond motifs is 2. The zero-order valence-corrected chi connectivity index (χ0v) is 19.1. The smallest absolute Gasteiger partial charge is 0.476 e. The normalized spacial score (nSPS) is 36.5. The Morgan fingerprint density at radius 1 is 1.39 bits per heavy atom. The summed E-state index contributed by atoms with van der Waals surface area (Å²) in [5, 5.41) is 11.5. The molecule has 2 aliphatic heterocycles. The van der Waals surface area contributed by atoms with Crippen LogP contribution in [-0.2, 0) is 32.4 Å². The third kappa shape index (κ3) is 3.24. The van der Waals surface area contributed by atoms with Crippen molar-refractivity contribution in [3.8, 4) is 5.88 Å². The van der Waals surface area contributed by atoms with Crippen molar-refractivity contribution in [1.82, 2.24) is 19.5 Å². The molecule has 14 nitrogen and oxygen atoms in total. The summed E-state index contributed by atoms with van der Waals surface area (Å²) in [6.45, 7) is 3.44. The van der Waals surface area contributed by atoms with E-state index in [0.717, 1.165) is 0 Å². The van der Waals surface area contributed by atoms with E-state index in [4.69, 9.17) is 33.5 Å². The van der Waals surface area contributed by atoms with Gasteiger partial charge in [-0.2, -0.15) is 9.97 Å². The lowest BCUT2D eigenvalue weighted by molar-refractivity contribution is -0.143. The summed E-state index contributed by atoms with van der Waals surface area (Å²) in [4.78, 5) is 23.8. The molecule has 4 heterocycles. The van der Waals surface area contributed by atoms with Crippen LogP contribution in [0.15, 0.2) is 6.33 Å².